The summed E-state index contributed by atoms with van der Waals surface area (Å²) in [6.07, 6.45) is 2.48. The number of benzene rings is 1. The summed E-state index contributed by atoms with van der Waals surface area (Å²) in [5.74, 6) is 0.994. The molecule has 2 N–H and O–H groups in total. The molecule has 7 heteroatoms. The first-order valence-electron chi connectivity index (χ1n) is 9.80. The van der Waals surface area contributed by atoms with E-state index >= 15 is 0 Å². The van der Waals surface area contributed by atoms with Gasteiger partial charge in [-0.15, -0.1) is 0 Å². The number of nitrogens with one attached hydrogen (secondary N) is 2. The number of methoxy groups -OCH3 is 1. The normalized spacial score (nSPS) is 14.8. The molecular weight excluding hydrogens is 354 g/mol. The summed E-state index contributed by atoms with van der Waals surface area (Å²) in [5.41, 5.74) is 3.20. The van der Waals surface area contributed by atoms with E-state index in [-0.39, 0.29) is 5.91 Å². The van der Waals surface area contributed by atoms with E-state index in [1.807, 2.05) is 19.1 Å². The summed E-state index contributed by atoms with van der Waals surface area (Å²) < 4.78 is 4.95. The van der Waals surface area contributed by atoms with Crippen LogP contribution in [-0.2, 0) is 4.74 Å². The number of anilines is 3. The highest BCUT2D eigenvalue weighted by Gasteiger charge is 2.16. The Balaban J connectivity index is 1.65. The van der Waals surface area contributed by atoms with E-state index < -0.39 is 0 Å². The number of rotatable bonds is 7. The van der Waals surface area contributed by atoms with Crippen LogP contribution in [0.4, 0.5) is 17.3 Å². The lowest BCUT2D eigenvalue weighted by Gasteiger charge is -2.32. The van der Waals surface area contributed by atoms with E-state index in [1.165, 1.54) is 18.5 Å². The lowest BCUT2D eigenvalue weighted by Crippen LogP contribution is -2.32. The Bertz CT molecular complexity index is 786. The minimum absolute atomic E-state index is 0.236. The molecule has 0 spiro atoms. The first kappa shape index (κ1) is 20.1. The molecule has 1 aromatic heterocycles. The van der Waals surface area contributed by atoms with E-state index in [1.54, 1.807) is 13.2 Å². The largest absolute Gasteiger partial charge is 0.383 e. The molecule has 0 saturated carbocycles. The molecule has 1 aromatic carbocycles. The Labute approximate surface area is 166 Å². The first-order chi connectivity index (χ1) is 13.5. The van der Waals surface area contributed by atoms with Crippen LogP contribution in [0.3, 0.4) is 0 Å². The third kappa shape index (κ3) is 5.42. The summed E-state index contributed by atoms with van der Waals surface area (Å²) in [4.78, 5) is 23.4. The fraction of sp³-hybridized carbons (Fsp3) is 0.476. The second-order valence-corrected chi connectivity index (χ2v) is 7.31. The molecule has 2 aromatic rings. The van der Waals surface area contributed by atoms with Gasteiger partial charge in [-0.05, 0) is 56.0 Å². The summed E-state index contributed by atoms with van der Waals surface area (Å²) in [6, 6.07) is 9.96. The van der Waals surface area contributed by atoms with Crippen molar-refractivity contribution in [3.05, 3.63) is 41.7 Å². The molecule has 1 aliphatic heterocycles. The van der Waals surface area contributed by atoms with Gasteiger partial charge in [0, 0.05) is 43.8 Å². The van der Waals surface area contributed by atoms with Crippen LogP contribution < -0.4 is 15.5 Å². The Morgan fingerprint density at radius 3 is 2.61 bits per heavy atom. The number of aryl methyl sites for hydroxylation is 1. The maximum atomic E-state index is 12.2. The topological polar surface area (TPSA) is 79.4 Å². The van der Waals surface area contributed by atoms with Gasteiger partial charge in [0.15, 0.2) is 0 Å². The monoisotopic (exact) mass is 383 g/mol. The van der Waals surface area contributed by atoms with Gasteiger partial charge in [0.25, 0.3) is 5.91 Å². The van der Waals surface area contributed by atoms with Crippen LogP contribution >= 0.6 is 0 Å². The second kappa shape index (κ2) is 9.50. The summed E-state index contributed by atoms with van der Waals surface area (Å²) in [5, 5.41) is 5.98. The number of aromatic nitrogens is 2. The Kier molecular flexibility index (Phi) is 6.81. The average Bonchev–Trinajstić information content (AvgIpc) is 2.69. The molecule has 1 aliphatic rings. The SMILES string of the molecule is COCCNC(=O)c1cc(C)nc(Nc2ccc(N3CCC(C)CC3)cc2)n1. The van der Waals surface area contributed by atoms with Crippen molar-refractivity contribution in [2.45, 2.75) is 26.7 Å². The van der Waals surface area contributed by atoms with Crippen molar-refractivity contribution in [1.29, 1.82) is 0 Å². The Morgan fingerprint density at radius 1 is 1.21 bits per heavy atom. The van der Waals surface area contributed by atoms with Crippen LogP contribution in [0, 0.1) is 12.8 Å². The zero-order valence-electron chi connectivity index (χ0n) is 16.9. The van der Waals surface area contributed by atoms with Crippen molar-refractivity contribution < 1.29 is 9.53 Å². The highest BCUT2D eigenvalue weighted by Crippen LogP contribution is 2.25. The minimum atomic E-state index is -0.236. The van der Waals surface area contributed by atoms with Gasteiger partial charge in [-0.3, -0.25) is 4.79 Å². The van der Waals surface area contributed by atoms with Crippen molar-refractivity contribution in [3.8, 4) is 0 Å². The quantitative estimate of drug-likeness (QED) is 0.715. The van der Waals surface area contributed by atoms with Crippen molar-refractivity contribution in [2.24, 2.45) is 5.92 Å². The van der Waals surface area contributed by atoms with Gasteiger partial charge in [-0.2, -0.15) is 0 Å². The van der Waals surface area contributed by atoms with Gasteiger partial charge >= 0.3 is 0 Å². The molecule has 150 valence electrons. The van der Waals surface area contributed by atoms with Gasteiger partial charge in [0.05, 0.1) is 6.61 Å². The van der Waals surface area contributed by atoms with E-state index in [0.717, 1.165) is 30.4 Å². The molecule has 3 rings (SSSR count). The zero-order chi connectivity index (χ0) is 19.9. The minimum Gasteiger partial charge on any atom is -0.383 e. The van der Waals surface area contributed by atoms with Gasteiger partial charge in [-0.1, -0.05) is 6.92 Å². The van der Waals surface area contributed by atoms with Crippen molar-refractivity contribution in [3.63, 3.8) is 0 Å². The fourth-order valence-corrected chi connectivity index (χ4v) is 3.25. The third-order valence-corrected chi connectivity index (χ3v) is 4.95. The number of hydrogen-bond acceptors (Lipinski definition) is 6. The summed E-state index contributed by atoms with van der Waals surface area (Å²) in [7, 11) is 1.60. The molecule has 7 nitrogen and oxygen atoms in total. The molecule has 2 heterocycles. The highest BCUT2D eigenvalue weighted by molar-refractivity contribution is 5.92. The van der Waals surface area contributed by atoms with Crippen molar-refractivity contribution in [2.75, 3.05) is 43.6 Å². The van der Waals surface area contributed by atoms with Gasteiger partial charge in [-0.25, -0.2) is 9.97 Å². The van der Waals surface area contributed by atoms with E-state index in [0.29, 0.717) is 24.8 Å². The Morgan fingerprint density at radius 2 is 1.93 bits per heavy atom. The lowest BCUT2D eigenvalue weighted by atomic mass is 9.99. The number of nitrogens with zero attached hydrogens (tertiary/aromatic N) is 3. The smallest absolute Gasteiger partial charge is 0.270 e. The molecule has 0 atom stereocenters. The second-order valence-electron chi connectivity index (χ2n) is 7.31. The molecular formula is C21H29N5O2. The number of carbonyl (C=O) groups is 1. The van der Waals surface area contributed by atoms with Gasteiger partial charge in [0.1, 0.15) is 5.69 Å². The number of piperidine rings is 1. The third-order valence-electron chi connectivity index (χ3n) is 4.95. The zero-order valence-corrected chi connectivity index (χ0v) is 16.9. The maximum absolute atomic E-state index is 12.2. The molecule has 0 radical (unpaired) electrons. The average molecular weight is 383 g/mol. The Hall–Kier alpha value is -2.67. The van der Waals surface area contributed by atoms with Crippen LogP contribution in [0.1, 0.15) is 35.9 Å². The molecule has 1 saturated heterocycles. The number of ether oxygens (including phenoxy) is 1. The van der Waals surface area contributed by atoms with Crippen LogP contribution in [0.15, 0.2) is 30.3 Å². The van der Waals surface area contributed by atoms with Crippen molar-refractivity contribution >= 4 is 23.2 Å². The predicted molar refractivity (Wildman–Crippen MR) is 111 cm³/mol. The molecule has 1 amide bonds. The molecule has 0 unspecified atom stereocenters. The summed E-state index contributed by atoms with van der Waals surface area (Å²) >= 11 is 0. The molecule has 0 aliphatic carbocycles. The van der Waals surface area contributed by atoms with Crippen LogP contribution in [0.25, 0.3) is 0 Å². The van der Waals surface area contributed by atoms with Gasteiger partial charge < -0.3 is 20.3 Å². The lowest BCUT2D eigenvalue weighted by molar-refractivity contribution is 0.0932. The molecule has 0 bridgehead atoms. The van der Waals surface area contributed by atoms with Crippen LogP contribution in [0.2, 0.25) is 0 Å². The predicted octanol–water partition coefficient (Wildman–Crippen LogP) is 3.14. The van der Waals surface area contributed by atoms with Gasteiger partial charge in [0.2, 0.25) is 5.95 Å². The fourth-order valence-electron chi connectivity index (χ4n) is 3.25. The first-order valence-corrected chi connectivity index (χ1v) is 9.80. The molecule has 1 fully saturated rings. The summed E-state index contributed by atoms with van der Waals surface area (Å²) in [6.45, 7) is 7.28. The van der Waals surface area contributed by atoms with Crippen LogP contribution in [0.5, 0.6) is 0 Å². The number of carbonyl (C=O) groups excluding carboxylic acids is 1. The standard InChI is InChI=1S/C21H29N5O2/c1-15-8-11-26(12-9-15)18-6-4-17(5-7-18)24-21-23-16(2)14-19(25-21)20(27)22-10-13-28-3/h4-7,14-15H,8-13H2,1-3H3,(H,22,27)(H,23,24,25). The number of hydrogen-bond donors (Lipinski definition) is 2. The number of amides is 1. The van der Waals surface area contributed by atoms with E-state index in [2.05, 4.69) is 44.6 Å². The van der Waals surface area contributed by atoms with E-state index in [4.69, 9.17) is 4.74 Å². The maximum Gasteiger partial charge on any atom is 0.270 e. The van der Waals surface area contributed by atoms with E-state index in [9.17, 15) is 4.79 Å². The van der Waals surface area contributed by atoms with Crippen molar-refractivity contribution in [1.82, 2.24) is 15.3 Å². The van der Waals surface area contributed by atoms with Crippen LogP contribution in [-0.4, -0.2) is 49.2 Å². The highest BCUT2D eigenvalue weighted by atomic mass is 16.5. The molecule has 28 heavy (non-hydrogen) atoms.